The van der Waals surface area contributed by atoms with E-state index in [1.54, 1.807) is 7.11 Å². The lowest BCUT2D eigenvalue weighted by atomic mass is 10.0. The minimum atomic E-state index is -0.152. The van der Waals surface area contributed by atoms with Gasteiger partial charge in [-0.15, -0.1) is 0 Å². The van der Waals surface area contributed by atoms with Gasteiger partial charge in [-0.2, -0.15) is 0 Å². The molecule has 0 radical (unpaired) electrons. The van der Waals surface area contributed by atoms with Crippen molar-refractivity contribution in [3.05, 3.63) is 0 Å². The van der Waals surface area contributed by atoms with Crippen LogP contribution in [0.25, 0.3) is 0 Å². The predicted octanol–water partition coefficient (Wildman–Crippen LogP) is -0.657. The van der Waals surface area contributed by atoms with Crippen LogP contribution in [0, 0.1) is 0 Å². The van der Waals surface area contributed by atoms with Crippen molar-refractivity contribution in [3.63, 3.8) is 0 Å². The van der Waals surface area contributed by atoms with Gasteiger partial charge in [-0.1, -0.05) is 0 Å². The van der Waals surface area contributed by atoms with Gasteiger partial charge in [0.1, 0.15) is 0 Å². The van der Waals surface area contributed by atoms with E-state index in [1.165, 1.54) is 0 Å². The third kappa shape index (κ3) is 6.07. The van der Waals surface area contributed by atoms with Crippen LogP contribution < -0.4 is 21.3 Å². The molecule has 0 spiro atoms. The molecule has 3 atom stereocenters. The molecule has 0 aliphatic carbocycles. The molecule has 0 aromatic rings. The summed E-state index contributed by atoms with van der Waals surface area (Å²) in [5.74, 6) is 0.126. The van der Waals surface area contributed by atoms with Gasteiger partial charge < -0.3 is 26.0 Å². The second-order valence-corrected chi connectivity index (χ2v) is 7.61. The van der Waals surface area contributed by atoms with Crippen LogP contribution in [0.5, 0.6) is 0 Å². The maximum atomic E-state index is 12.2. The molecule has 9 heteroatoms. The molecule has 2 rings (SSSR count). The maximum absolute atomic E-state index is 12.2. The van der Waals surface area contributed by atoms with E-state index in [0.717, 1.165) is 13.0 Å². The number of thiocarbonyl (C=S) groups is 1. The molecule has 2 aliphatic rings. The Hall–Kier alpha value is -1.45. The number of amides is 2. The quantitative estimate of drug-likeness (QED) is 0.326. The van der Waals surface area contributed by atoms with Gasteiger partial charge in [0.05, 0.1) is 12.6 Å². The number of hydrogen-bond acceptors (Lipinski definition) is 5. The van der Waals surface area contributed by atoms with Gasteiger partial charge in [-0.25, -0.2) is 0 Å². The minimum absolute atomic E-state index is 0.0610. The number of carbonyl (C=O) groups excluding carboxylic acids is 2. The largest absolute Gasteiger partial charge is 0.383 e. The molecule has 0 aromatic carbocycles. The third-order valence-electron chi connectivity index (χ3n) is 4.70. The van der Waals surface area contributed by atoms with Crippen LogP contribution >= 0.6 is 12.2 Å². The molecule has 8 nitrogen and oxygen atoms in total. The van der Waals surface area contributed by atoms with Crippen LogP contribution in [-0.4, -0.2) is 79.3 Å². The molecule has 0 unspecified atom stereocenters. The van der Waals surface area contributed by atoms with E-state index in [-0.39, 0.29) is 36.0 Å². The molecule has 4 N–H and O–H groups in total. The Morgan fingerprint density at radius 1 is 1.46 bits per heavy atom. The third-order valence-corrected chi connectivity index (χ3v) is 4.97. The second kappa shape index (κ2) is 10.0. The zero-order chi connectivity index (χ0) is 19.1. The van der Waals surface area contributed by atoms with E-state index in [9.17, 15) is 9.59 Å². The van der Waals surface area contributed by atoms with Crippen LogP contribution in [0.2, 0.25) is 0 Å². The molecule has 148 valence electrons. The molecule has 2 amide bonds. The zero-order valence-corrected chi connectivity index (χ0v) is 16.7. The van der Waals surface area contributed by atoms with Crippen molar-refractivity contribution in [3.8, 4) is 0 Å². The lowest BCUT2D eigenvalue weighted by Gasteiger charge is -2.37. The summed E-state index contributed by atoms with van der Waals surface area (Å²) in [7, 11) is 1.65. The number of nitrogens with zero attached hydrogens (tertiary/aromatic N) is 1. The molecule has 0 aromatic heterocycles. The Bertz CT molecular complexity index is 517. The van der Waals surface area contributed by atoms with E-state index in [2.05, 4.69) is 26.2 Å². The summed E-state index contributed by atoms with van der Waals surface area (Å²) in [6.45, 7) is 6.48. The topological polar surface area (TPSA) is 94.7 Å². The average Bonchev–Trinajstić information content (AvgIpc) is 2.98. The standard InChI is InChI=1S/C17H31N5O3S/c1-11(2)20-15(23)5-4-13-9-19-16(24)14-8-12(10-22(13)14)21-17(26)18-6-7-25-3/h11-14H,4-10H2,1-3H3,(H,19,24)(H,20,23)(H2,18,21,26)/t12-,13+,14-/m0/s1. The van der Waals surface area contributed by atoms with Gasteiger partial charge in [0.25, 0.3) is 0 Å². The van der Waals surface area contributed by atoms with Crippen LogP contribution in [0.4, 0.5) is 0 Å². The number of ether oxygens (including phenoxy) is 1. The fourth-order valence-electron chi connectivity index (χ4n) is 3.54. The monoisotopic (exact) mass is 385 g/mol. The van der Waals surface area contributed by atoms with Crippen LogP contribution in [0.1, 0.15) is 33.1 Å². The summed E-state index contributed by atoms with van der Waals surface area (Å²) in [5.41, 5.74) is 0. The summed E-state index contributed by atoms with van der Waals surface area (Å²) in [5, 5.41) is 12.9. The Balaban J connectivity index is 1.84. The summed E-state index contributed by atoms with van der Waals surface area (Å²) in [6, 6.07) is 0.297. The van der Waals surface area contributed by atoms with Gasteiger partial charge in [-0.05, 0) is 38.9 Å². The Labute approximate surface area is 160 Å². The van der Waals surface area contributed by atoms with Crippen molar-refractivity contribution in [1.82, 2.24) is 26.2 Å². The molecular formula is C17H31N5O3S. The number of fused-ring (bicyclic) bond motifs is 1. The first-order valence-corrected chi connectivity index (χ1v) is 9.67. The number of hydrogen-bond donors (Lipinski definition) is 4. The molecular weight excluding hydrogens is 354 g/mol. The molecule has 2 aliphatic heterocycles. The second-order valence-electron chi connectivity index (χ2n) is 7.20. The Morgan fingerprint density at radius 3 is 2.92 bits per heavy atom. The van der Waals surface area contributed by atoms with Crippen molar-refractivity contribution >= 4 is 29.1 Å². The number of rotatable bonds is 8. The summed E-state index contributed by atoms with van der Waals surface area (Å²) in [4.78, 5) is 26.4. The summed E-state index contributed by atoms with van der Waals surface area (Å²) in [6.07, 6.45) is 1.92. The number of methoxy groups -OCH3 is 1. The van der Waals surface area contributed by atoms with E-state index >= 15 is 0 Å². The lowest BCUT2D eigenvalue weighted by Crippen LogP contribution is -2.58. The lowest BCUT2D eigenvalue weighted by molar-refractivity contribution is -0.129. The van der Waals surface area contributed by atoms with E-state index < -0.39 is 0 Å². The highest BCUT2D eigenvalue weighted by atomic mass is 32.1. The zero-order valence-electron chi connectivity index (χ0n) is 15.8. The fraction of sp³-hybridized carbons (Fsp3) is 0.824. The molecule has 2 heterocycles. The number of piperazine rings is 1. The number of carbonyl (C=O) groups is 2. The first kappa shape index (κ1) is 20.9. The van der Waals surface area contributed by atoms with Crippen molar-refractivity contribution in [1.29, 1.82) is 0 Å². The first-order valence-electron chi connectivity index (χ1n) is 9.26. The Morgan fingerprint density at radius 2 is 2.23 bits per heavy atom. The van der Waals surface area contributed by atoms with Crippen LogP contribution in [0.3, 0.4) is 0 Å². The minimum Gasteiger partial charge on any atom is -0.383 e. The van der Waals surface area contributed by atoms with Crippen molar-refractivity contribution in [2.24, 2.45) is 0 Å². The maximum Gasteiger partial charge on any atom is 0.237 e. The van der Waals surface area contributed by atoms with Gasteiger partial charge in [0.2, 0.25) is 11.8 Å². The van der Waals surface area contributed by atoms with Gasteiger partial charge >= 0.3 is 0 Å². The SMILES string of the molecule is COCCNC(=S)N[C@H]1C[C@H]2C(=O)NC[C@@H](CCC(=O)NC(C)C)N2C1. The molecule has 26 heavy (non-hydrogen) atoms. The van der Waals surface area contributed by atoms with Gasteiger partial charge in [-0.3, -0.25) is 14.5 Å². The van der Waals surface area contributed by atoms with E-state index in [0.29, 0.717) is 37.7 Å². The van der Waals surface area contributed by atoms with Crippen LogP contribution in [-0.2, 0) is 14.3 Å². The fourth-order valence-corrected chi connectivity index (χ4v) is 3.81. The first-order chi connectivity index (χ1) is 12.4. The van der Waals surface area contributed by atoms with Crippen molar-refractivity contribution in [2.45, 2.75) is 57.3 Å². The van der Waals surface area contributed by atoms with Crippen molar-refractivity contribution < 1.29 is 14.3 Å². The van der Waals surface area contributed by atoms with Crippen LogP contribution in [0.15, 0.2) is 0 Å². The van der Waals surface area contributed by atoms with E-state index in [4.69, 9.17) is 17.0 Å². The van der Waals surface area contributed by atoms with Gasteiger partial charge in [0.15, 0.2) is 5.11 Å². The Kier molecular flexibility index (Phi) is 8.05. The van der Waals surface area contributed by atoms with Gasteiger partial charge in [0, 0.05) is 51.3 Å². The molecule has 2 saturated heterocycles. The normalized spacial score (nSPS) is 25.5. The average molecular weight is 386 g/mol. The molecule has 0 saturated carbocycles. The summed E-state index contributed by atoms with van der Waals surface area (Å²) >= 11 is 5.30. The number of nitrogens with one attached hydrogen (secondary N) is 4. The van der Waals surface area contributed by atoms with E-state index in [1.807, 2.05) is 13.8 Å². The molecule has 2 fully saturated rings. The highest BCUT2D eigenvalue weighted by Gasteiger charge is 2.43. The van der Waals surface area contributed by atoms with Crippen molar-refractivity contribution in [2.75, 3.05) is 33.4 Å². The predicted molar refractivity (Wildman–Crippen MR) is 104 cm³/mol. The highest BCUT2D eigenvalue weighted by molar-refractivity contribution is 7.80. The smallest absolute Gasteiger partial charge is 0.237 e. The highest BCUT2D eigenvalue weighted by Crippen LogP contribution is 2.25. The molecule has 0 bridgehead atoms. The summed E-state index contributed by atoms with van der Waals surface area (Å²) < 4.78 is 4.99.